The summed E-state index contributed by atoms with van der Waals surface area (Å²) in [6.07, 6.45) is 5.54. The molecule has 3 aliphatic rings. The van der Waals surface area contributed by atoms with Gasteiger partial charge in [-0.3, -0.25) is 34.2 Å². The summed E-state index contributed by atoms with van der Waals surface area (Å²) in [6.45, 7) is 4.55. The molecular formula is C26H34N4O6. The molecule has 0 radical (unpaired) electrons. The van der Waals surface area contributed by atoms with Crippen molar-refractivity contribution in [2.45, 2.75) is 70.4 Å². The van der Waals surface area contributed by atoms with E-state index < -0.39 is 29.7 Å². The van der Waals surface area contributed by atoms with Gasteiger partial charge in [0.2, 0.25) is 17.7 Å². The van der Waals surface area contributed by atoms with Crippen LogP contribution in [-0.2, 0) is 19.1 Å². The van der Waals surface area contributed by atoms with Gasteiger partial charge < -0.3 is 15.0 Å². The molecule has 2 atom stereocenters. The molecule has 1 aromatic rings. The lowest BCUT2D eigenvalue weighted by Crippen LogP contribution is -2.54. The first-order valence-corrected chi connectivity index (χ1v) is 12.8. The van der Waals surface area contributed by atoms with Crippen LogP contribution in [0.1, 0.15) is 79.0 Å². The molecule has 2 N–H and O–H groups in total. The van der Waals surface area contributed by atoms with Crippen LogP contribution in [0.4, 0.5) is 5.69 Å². The molecule has 36 heavy (non-hydrogen) atoms. The molecule has 0 aliphatic carbocycles. The molecule has 1 unspecified atom stereocenters. The Morgan fingerprint density at radius 1 is 1.08 bits per heavy atom. The average Bonchev–Trinajstić information content (AvgIpc) is 3.11. The number of benzene rings is 1. The summed E-state index contributed by atoms with van der Waals surface area (Å²) in [7, 11) is 0. The van der Waals surface area contributed by atoms with Crippen molar-refractivity contribution in [3.05, 3.63) is 29.3 Å². The fourth-order valence-electron chi connectivity index (χ4n) is 5.06. The number of amides is 5. The number of anilines is 1. The first kappa shape index (κ1) is 25.8. The zero-order chi connectivity index (χ0) is 25.7. The fourth-order valence-corrected chi connectivity index (χ4v) is 5.06. The van der Waals surface area contributed by atoms with Crippen molar-refractivity contribution in [3.8, 4) is 0 Å². The van der Waals surface area contributed by atoms with Crippen molar-refractivity contribution in [1.82, 2.24) is 15.1 Å². The first-order chi connectivity index (χ1) is 17.4. The number of hydrogen-bond donors (Lipinski definition) is 2. The van der Waals surface area contributed by atoms with E-state index in [0.717, 1.165) is 37.0 Å². The summed E-state index contributed by atoms with van der Waals surface area (Å²) in [5.74, 6) is -1.82. The van der Waals surface area contributed by atoms with Gasteiger partial charge in [0.25, 0.3) is 11.8 Å². The standard InChI is InChI=1S/C26H34N4O6/c1-17-16-36-15-14-29(17)22(32)10-5-3-2-4-6-13-27-19-9-7-8-18-23(19)26(35)30(25(18)34)20-11-12-21(31)28-24(20)33/h7-9,17,20,27H,2-6,10-16H2,1H3,(H,28,31,33)/t17-,20?/m0/s1. The Labute approximate surface area is 210 Å². The summed E-state index contributed by atoms with van der Waals surface area (Å²) in [4.78, 5) is 65.0. The van der Waals surface area contributed by atoms with E-state index in [4.69, 9.17) is 4.74 Å². The van der Waals surface area contributed by atoms with Gasteiger partial charge in [-0.1, -0.05) is 25.3 Å². The van der Waals surface area contributed by atoms with Crippen LogP contribution in [0.2, 0.25) is 0 Å². The van der Waals surface area contributed by atoms with Gasteiger partial charge in [0.15, 0.2) is 0 Å². The minimum absolute atomic E-state index is 0.0927. The van der Waals surface area contributed by atoms with Gasteiger partial charge >= 0.3 is 0 Å². The lowest BCUT2D eigenvalue weighted by atomic mass is 10.0. The van der Waals surface area contributed by atoms with Crippen molar-refractivity contribution >= 4 is 35.2 Å². The van der Waals surface area contributed by atoms with Crippen molar-refractivity contribution in [1.29, 1.82) is 0 Å². The van der Waals surface area contributed by atoms with Crippen molar-refractivity contribution in [3.63, 3.8) is 0 Å². The molecule has 2 saturated heterocycles. The average molecular weight is 499 g/mol. The predicted molar refractivity (Wildman–Crippen MR) is 131 cm³/mol. The van der Waals surface area contributed by atoms with Crippen molar-refractivity contribution < 1.29 is 28.7 Å². The molecule has 1 aromatic carbocycles. The number of ether oxygens (including phenoxy) is 1. The number of carbonyl (C=O) groups excluding carboxylic acids is 5. The monoisotopic (exact) mass is 498 g/mol. The second-order valence-electron chi connectivity index (χ2n) is 9.63. The molecule has 3 aliphatic heterocycles. The third-order valence-electron chi connectivity index (χ3n) is 7.04. The third kappa shape index (κ3) is 5.59. The maximum atomic E-state index is 13.1. The van der Waals surface area contributed by atoms with Gasteiger partial charge in [0.05, 0.1) is 30.4 Å². The Hall–Kier alpha value is -3.27. The molecule has 0 saturated carbocycles. The van der Waals surface area contributed by atoms with Crippen LogP contribution in [0.3, 0.4) is 0 Å². The number of morpholine rings is 1. The summed E-state index contributed by atoms with van der Waals surface area (Å²) >= 11 is 0. The van der Waals surface area contributed by atoms with Crippen LogP contribution in [0.25, 0.3) is 0 Å². The van der Waals surface area contributed by atoms with Gasteiger partial charge in [-0.05, 0) is 38.3 Å². The Morgan fingerprint density at radius 2 is 1.86 bits per heavy atom. The van der Waals surface area contributed by atoms with Crippen LogP contribution in [0.5, 0.6) is 0 Å². The number of nitrogens with one attached hydrogen (secondary N) is 2. The molecule has 10 nitrogen and oxygen atoms in total. The molecule has 3 heterocycles. The quantitative estimate of drug-likeness (QED) is 0.374. The number of fused-ring (bicyclic) bond motifs is 1. The summed E-state index contributed by atoms with van der Waals surface area (Å²) < 4.78 is 5.39. The highest BCUT2D eigenvalue weighted by Gasteiger charge is 2.45. The molecule has 10 heteroatoms. The zero-order valence-electron chi connectivity index (χ0n) is 20.7. The van der Waals surface area contributed by atoms with Crippen LogP contribution in [0.15, 0.2) is 18.2 Å². The molecule has 0 aromatic heterocycles. The Bertz CT molecular complexity index is 1040. The third-order valence-corrected chi connectivity index (χ3v) is 7.04. The molecule has 4 rings (SSSR count). The molecule has 0 bridgehead atoms. The van der Waals surface area contributed by atoms with Gasteiger partial charge in [0.1, 0.15) is 6.04 Å². The number of carbonyl (C=O) groups is 5. The van der Waals surface area contributed by atoms with Gasteiger partial charge in [-0.15, -0.1) is 0 Å². The molecule has 194 valence electrons. The Kier molecular flexibility index (Phi) is 8.35. The molecule has 2 fully saturated rings. The van der Waals surface area contributed by atoms with Crippen LogP contribution in [0, 0.1) is 0 Å². The first-order valence-electron chi connectivity index (χ1n) is 12.8. The van der Waals surface area contributed by atoms with E-state index in [-0.39, 0.29) is 35.9 Å². The van der Waals surface area contributed by atoms with E-state index in [1.54, 1.807) is 18.2 Å². The summed E-state index contributed by atoms with van der Waals surface area (Å²) in [5, 5.41) is 5.48. The number of rotatable bonds is 10. The Balaban J connectivity index is 1.20. The van der Waals surface area contributed by atoms with Gasteiger partial charge in [-0.2, -0.15) is 0 Å². The summed E-state index contributed by atoms with van der Waals surface area (Å²) in [5.41, 5.74) is 1.13. The molecule has 0 spiro atoms. The largest absolute Gasteiger partial charge is 0.384 e. The highest BCUT2D eigenvalue weighted by molar-refractivity contribution is 6.25. The zero-order valence-corrected chi connectivity index (χ0v) is 20.7. The SMILES string of the molecule is C[C@H]1COCCN1C(=O)CCCCCCCNc1cccc2c1C(=O)N(C1CCC(=O)NC1=O)C2=O. The normalized spacial score (nSPS) is 22.0. The lowest BCUT2D eigenvalue weighted by molar-refractivity contribution is -0.139. The number of imide groups is 2. The maximum Gasteiger partial charge on any atom is 0.264 e. The van der Waals surface area contributed by atoms with E-state index in [1.807, 2.05) is 11.8 Å². The maximum absolute atomic E-state index is 13.1. The smallest absolute Gasteiger partial charge is 0.264 e. The number of hydrogen-bond acceptors (Lipinski definition) is 7. The van der Waals surface area contributed by atoms with Crippen LogP contribution >= 0.6 is 0 Å². The Morgan fingerprint density at radius 3 is 2.64 bits per heavy atom. The lowest BCUT2D eigenvalue weighted by Gasteiger charge is -2.33. The minimum Gasteiger partial charge on any atom is -0.384 e. The van der Waals surface area contributed by atoms with Crippen molar-refractivity contribution in [2.24, 2.45) is 0 Å². The minimum atomic E-state index is -0.971. The van der Waals surface area contributed by atoms with Gasteiger partial charge in [0, 0.05) is 31.6 Å². The highest BCUT2D eigenvalue weighted by atomic mass is 16.5. The van der Waals surface area contributed by atoms with E-state index in [9.17, 15) is 24.0 Å². The molecular weight excluding hydrogens is 464 g/mol. The number of piperidine rings is 1. The predicted octanol–water partition coefficient (Wildman–Crippen LogP) is 2.09. The number of nitrogens with zero attached hydrogens (tertiary/aromatic N) is 2. The van der Waals surface area contributed by atoms with E-state index in [2.05, 4.69) is 10.6 Å². The van der Waals surface area contributed by atoms with E-state index in [1.165, 1.54) is 0 Å². The number of unbranched alkanes of at least 4 members (excludes halogenated alkanes) is 4. The highest BCUT2D eigenvalue weighted by Crippen LogP contribution is 2.32. The van der Waals surface area contributed by atoms with Crippen LogP contribution < -0.4 is 10.6 Å². The topological polar surface area (TPSA) is 125 Å². The van der Waals surface area contributed by atoms with Crippen molar-refractivity contribution in [2.75, 3.05) is 31.6 Å². The van der Waals surface area contributed by atoms with Gasteiger partial charge in [-0.25, -0.2) is 0 Å². The fraction of sp³-hybridized carbons (Fsp3) is 0.577. The van der Waals surface area contributed by atoms with Crippen LogP contribution in [-0.4, -0.2) is 77.7 Å². The summed E-state index contributed by atoms with van der Waals surface area (Å²) in [6, 6.07) is 4.24. The second kappa shape index (κ2) is 11.6. The molecule has 5 amide bonds. The second-order valence-corrected chi connectivity index (χ2v) is 9.63. The van der Waals surface area contributed by atoms with E-state index in [0.29, 0.717) is 38.4 Å². The van der Waals surface area contributed by atoms with E-state index >= 15 is 0 Å².